The highest BCUT2D eigenvalue weighted by Gasteiger charge is 2.29. The highest BCUT2D eigenvalue weighted by Crippen LogP contribution is 2.14. The standard InChI is InChI=1S/C13H27F2N3O/c1-4-8-17-13(2,12(16)19)7-5-6-9-18(3)10-11(14)15/h11,17H,4-10H2,1-3H3,(H2,16,19). The van der Waals surface area contributed by atoms with Crippen LogP contribution in [0.5, 0.6) is 0 Å². The van der Waals surface area contributed by atoms with Crippen LogP contribution in [0.1, 0.15) is 39.5 Å². The Morgan fingerprint density at radius 3 is 2.53 bits per heavy atom. The number of nitrogens with one attached hydrogen (secondary N) is 1. The van der Waals surface area contributed by atoms with Crippen LogP contribution in [0.25, 0.3) is 0 Å². The maximum atomic E-state index is 12.1. The molecule has 19 heavy (non-hydrogen) atoms. The van der Waals surface area contributed by atoms with Crippen molar-refractivity contribution in [3.8, 4) is 0 Å². The summed E-state index contributed by atoms with van der Waals surface area (Å²) in [5, 5.41) is 3.16. The fourth-order valence-corrected chi connectivity index (χ4v) is 1.89. The maximum Gasteiger partial charge on any atom is 0.251 e. The van der Waals surface area contributed by atoms with Gasteiger partial charge in [-0.3, -0.25) is 4.79 Å². The van der Waals surface area contributed by atoms with Crippen LogP contribution >= 0.6 is 0 Å². The summed E-state index contributed by atoms with van der Waals surface area (Å²) in [6.07, 6.45) is 0.821. The quantitative estimate of drug-likeness (QED) is 0.565. The molecular weight excluding hydrogens is 252 g/mol. The Morgan fingerprint density at radius 1 is 1.42 bits per heavy atom. The van der Waals surface area contributed by atoms with E-state index in [1.54, 1.807) is 18.9 Å². The van der Waals surface area contributed by atoms with Gasteiger partial charge in [-0.25, -0.2) is 8.78 Å². The van der Waals surface area contributed by atoms with E-state index in [-0.39, 0.29) is 12.5 Å². The number of amides is 1. The third-order valence-electron chi connectivity index (χ3n) is 3.23. The molecule has 0 heterocycles. The summed E-state index contributed by atoms with van der Waals surface area (Å²) >= 11 is 0. The van der Waals surface area contributed by atoms with Gasteiger partial charge in [0, 0.05) is 0 Å². The van der Waals surface area contributed by atoms with E-state index in [1.165, 1.54) is 0 Å². The predicted octanol–water partition coefficient (Wildman–Crippen LogP) is 1.60. The number of nitrogens with zero attached hydrogens (tertiary/aromatic N) is 1. The fraction of sp³-hybridized carbons (Fsp3) is 0.923. The highest BCUT2D eigenvalue weighted by atomic mass is 19.3. The van der Waals surface area contributed by atoms with Gasteiger partial charge in [0.2, 0.25) is 5.91 Å². The lowest BCUT2D eigenvalue weighted by Crippen LogP contribution is -2.53. The summed E-state index contributed by atoms with van der Waals surface area (Å²) in [6.45, 7) is 4.96. The Labute approximate surface area is 114 Å². The first-order valence-electron chi connectivity index (χ1n) is 6.83. The number of rotatable bonds is 11. The molecule has 0 saturated carbocycles. The van der Waals surface area contributed by atoms with Gasteiger partial charge in [0.25, 0.3) is 6.43 Å². The van der Waals surface area contributed by atoms with Crippen molar-refractivity contribution >= 4 is 5.91 Å². The Morgan fingerprint density at radius 2 is 2.05 bits per heavy atom. The number of carbonyl (C=O) groups excluding carboxylic acids is 1. The molecule has 6 heteroatoms. The molecule has 0 bridgehead atoms. The lowest BCUT2D eigenvalue weighted by molar-refractivity contribution is -0.124. The van der Waals surface area contributed by atoms with E-state index in [2.05, 4.69) is 5.32 Å². The lowest BCUT2D eigenvalue weighted by atomic mass is 9.93. The van der Waals surface area contributed by atoms with E-state index in [0.717, 1.165) is 25.8 Å². The van der Waals surface area contributed by atoms with Crippen LogP contribution < -0.4 is 11.1 Å². The van der Waals surface area contributed by atoms with Crippen LogP contribution in [-0.2, 0) is 4.79 Å². The number of unbranched alkanes of at least 4 members (excludes halogenated alkanes) is 1. The monoisotopic (exact) mass is 279 g/mol. The van der Waals surface area contributed by atoms with Gasteiger partial charge in [-0.1, -0.05) is 6.92 Å². The number of hydrogen-bond donors (Lipinski definition) is 2. The molecule has 0 rings (SSSR count). The predicted molar refractivity (Wildman–Crippen MR) is 73.2 cm³/mol. The van der Waals surface area contributed by atoms with Crippen molar-refractivity contribution in [2.75, 3.05) is 26.7 Å². The van der Waals surface area contributed by atoms with E-state index in [4.69, 9.17) is 5.73 Å². The fourth-order valence-electron chi connectivity index (χ4n) is 1.89. The molecule has 4 nitrogen and oxygen atoms in total. The first kappa shape index (κ1) is 18.2. The number of nitrogens with two attached hydrogens (primary N) is 1. The normalized spacial score (nSPS) is 14.9. The number of alkyl halides is 2. The molecule has 0 radical (unpaired) electrons. The van der Waals surface area contributed by atoms with Gasteiger partial charge in [0.05, 0.1) is 12.1 Å². The first-order valence-corrected chi connectivity index (χ1v) is 6.83. The molecule has 114 valence electrons. The van der Waals surface area contributed by atoms with E-state index in [1.807, 2.05) is 6.92 Å². The summed E-state index contributed by atoms with van der Waals surface area (Å²) in [6, 6.07) is 0. The Bertz CT molecular complexity index is 264. The van der Waals surface area contributed by atoms with E-state index in [9.17, 15) is 13.6 Å². The highest BCUT2D eigenvalue weighted by molar-refractivity contribution is 5.84. The summed E-state index contributed by atoms with van der Waals surface area (Å²) in [5.41, 5.74) is 4.71. The number of primary amides is 1. The van der Waals surface area contributed by atoms with Crippen LogP contribution in [-0.4, -0.2) is 49.5 Å². The van der Waals surface area contributed by atoms with Gasteiger partial charge >= 0.3 is 0 Å². The second-order valence-corrected chi connectivity index (χ2v) is 5.23. The molecule has 1 atom stereocenters. The molecule has 3 N–H and O–H groups in total. The minimum absolute atomic E-state index is 0.207. The van der Waals surface area contributed by atoms with E-state index in [0.29, 0.717) is 13.0 Å². The average Bonchev–Trinajstić information content (AvgIpc) is 2.31. The number of hydrogen-bond acceptors (Lipinski definition) is 3. The van der Waals surface area contributed by atoms with Gasteiger partial charge in [0.15, 0.2) is 0 Å². The smallest absolute Gasteiger partial charge is 0.251 e. The Kier molecular flexibility index (Phi) is 8.84. The van der Waals surface area contributed by atoms with Gasteiger partial charge in [-0.05, 0) is 52.7 Å². The third-order valence-corrected chi connectivity index (χ3v) is 3.23. The summed E-state index contributed by atoms with van der Waals surface area (Å²) in [7, 11) is 1.68. The number of carbonyl (C=O) groups is 1. The summed E-state index contributed by atoms with van der Waals surface area (Å²) < 4.78 is 24.2. The molecule has 0 fully saturated rings. The average molecular weight is 279 g/mol. The molecule has 0 saturated heterocycles. The van der Waals surface area contributed by atoms with Crippen molar-refractivity contribution < 1.29 is 13.6 Å². The minimum Gasteiger partial charge on any atom is -0.368 e. The van der Waals surface area contributed by atoms with E-state index < -0.39 is 12.0 Å². The maximum absolute atomic E-state index is 12.1. The lowest BCUT2D eigenvalue weighted by Gasteiger charge is -2.27. The Hall–Kier alpha value is -0.750. The topological polar surface area (TPSA) is 58.4 Å². The second-order valence-electron chi connectivity index (χ2n) is 5.23. The minimum atomic E-state index is -2.30. The molecule has 0 aliphatic heterocycles. The van der Waals surface area contributed by atoms with Crippen molar-refractivity contribution in [3.05, 3.63) is 0 Å². The van der Waals surface area contributed by atoms with Crippen molar-refractivity contribution in [1.82, 2.24) is 10.2 Å². The molecule has 1 unspecified atom stereocenters. The van der Waals surface area contributed by atoms with Gasteiger partial charge in [-0.2, -0.15) is 0 Å². The molecule has 0 aromatic rings. The zero-order chi connectivity index (χ0) is 14.9. The molecule has 0 aliphatic carbocycles. The summed E-state index contributed by atoms with van der Waals surface area (Å²) in [5.74, 6) is -0.359. The molecule has 1 amide bonds. The Balaban J connectivity index is 3.97. The summed E-state index contributed by atoms with van der Waals surface area (Å²) in [4.78, 5) is 13.1. The van der Waals surface area contributed by atoms with E-state index >= 15 is 0 Å². The molecule has 0 aromatic carbocycles. The van der Waals surface area contributed by atoms with Crippen molar-refractivity contribution in [2.45, 2.75) is 51.5 Å². The number of halogens is 2. The second kappa shape index (κ2) is 9.20. The van der Waals surface area contributed by atoms with Crippen LogP contribution in [0.4, 0.5) is 8.78 Å². The van der Waals surface area contributed by atoms with Crippen LogP contribution in [0, 0.1) is 0 Å². The molecular formula is C13H27F2N3O. The largest absolute Gasteiger partial charge is 0.368 e. The van der Waals surface area contributed by atoms with Gasteiger partial charge < -0.3 is 16.0 Å². The third kappa shape index (κ3) is 8.10. The molecule has 0 spiro atoms. The zero-order valence-electron chi connectivity index (χ0n) is 12.2. The van der Waals surface area contributed by atoms with Gasteiger partial charge in [-0.15, -0.1) is 0 Å². The van der Waals surface area contributed by atoms with Gasteiger partial charge in [0.1, 0.15) is 0 Å². The van der Waals surface area contributed by atoms with Crippen LogP contribution in [0.3, 0.4) is 0 Å². The molecule has 0 aromatic heterocycles. The SMILES string of the molecule is CCCNC(C)(CCCCN(C)CC(F)F)C(N)=O. The molecule has 0 aliphatic rings. The van der Waals surface area contributed by atoms with Crippen molar-refractivity contribution in [3.63, 3.8) is 0 Å². The zero-order valence-corrected chi connectivity index (χ0v) is 12.2. The van der Waals surface area contributed by atoms with Crippen LogP contribution in [0.2, 0.25) is 0 Å². The van der Waals surface area contributed by atoms with Crippen molar-refractivity contribution in [2.24, 2.45) is 5.73 Å². The van der Waals surface area contributed by atoms with Crippen LogP contribution in [0.15, 0.2) is 0 Å². The van der Waals surface area contributed by atoms with Crippen molar-refractivity contribution in [1.29, 1.82) is 0 Å². The first-order chi connectivity index (χ1) is 8.81.